The smallest absolute Gasteiger partial charge is 0.339 e. The minimum atomic E-state index is -0.342. The molecule has 0 bridgehead atoms. The number of rotatable bonds is 6. The van der Waals surface area contributed by atoms with Gasteiger partial charge in [-0.05, 0) is 30.7 Å². The number of ether oxygens (including phenoxy) is 1. The van der Waals surface area contributed by atoms with Crippen LogP contribution in [-0.2, 0) is 17.1 Å². The van der Waals surface area contributed by atoms with Crippen LogP contribution >= 0.6 is 23.1 Å². The molecule has 5 nitrogen and oxygen atoms in total. The van der Waals surface area contributed by atoms with E-state index < -0.39 is 0 Å². The van der Waals surface area contributed by atoms with E-state index in [1.165, 1.54) is 0 Å². The van der Waals surface area contributed by atoms with Gasteiger partial charge in [-0.3, -0.25) is 0 Å². The van der Waals surface area contributed by atoms with Crippen LogP contribution in [0.5, 0.6) is 0 Å². The molecule has 0 atom stereocenters. The van der Waals surface area contributed by atoms with Crippen molar-refractivity contribution >= 4 is 34.7 Å². The predicted molar refractivity (Wildman–Crippen MR) is 107 cm³/mol. The van der Waals surface area contributed by atoms with Crippen molar-refractivity contribution in [3.8, 4) is 0 Å². The van der Waals surface area contributed by atoms with Gasteiger partial charge in [0.1, 0.15) is 12.3 Å². The Labute approximate surface area is 165 Å². The number of hydrogen-bond acceptors (Lipinski definition) is 6. The highest BCUT2D eigenvalue weighted by atomic mass is 32.2. The fourth-order valence-corrected chi connectivity index (χ4v) is 4.32. The van der Waals surface area contributed by atoms with Gasteiger partial charge in [0.2, 0.25) is 0 Å². The van der Waals surface area contributed by atoms with Gasteiger partial charge in [0, 0.05) is 28.4 Å². The first kappa shape index (κ1) is 17.8. The highest BCUT2D eigenvalue weighted by Crippen LogP contribution is 2.27. The Kier molecular flexibility index (Phi) is 5.22. The van der Waals surface area contributed by atoms with Gasteiger partial charge in [0.05, 0.1) is 22.5 Å². The Morgan fingerprint density at radius 3 is 2.93 bits per heavy atom. The summed E-state index contributed by atoms with van der Waals surface area (Å²) in [7, 11) is 0. The summed E-state index contributed by atoms with van der Waals surface area (Å²) in [6.45, 7) is 2.15. The quantitative estimate of drug-likeness (QED) is 0.348. The second kappa shape index (κ2) is 7.94. The summed E-state index contributed by atoms with van der Waals surface area (Å²) in [4.78, 5) is 22.3. The van der Waals surface area contributed by atoms with E-state index in [2.05, 4.69) is 9.97 Å². The summed E-state index contributed by atoms with van der Waals surface area (Å²) >= 11 is 3.15. The van der Waals surface area contributed by atoms with Crippen LogP contribution in [0.25, 0.3) is 5.65 Å². The number of carbonyl (C=O) groups is 1. The SMILES string of the molecule is Cc1cccn2cc(COC(=O)c3ccccc3SCc3cscn3)nc12. The molecule has 0 aliphatic carbocycles. The summed E-state index contributed by atoms with van der Waals surface area (Å²) in [5.41, 5.74) is 6.07. The van der Waals surface area contributed by atoms with E-state index in [-0.39, 0.29) is 12.6 Å². The van der Waals surface area contributed by atoms with Crippen LogP contribution < -0.4 is 0 Å². The van der Waals surface area contributed by atoms with E-state index in [9.17, 15) is 4.79 Å². The Morgan fingerprint density at radius 1 is 1.22 bits per heavy atom. The standard InChI is InChI=1S/C20H17N3O2S2/c1-14-5-4-8-23-9-15(22-19(14)23)10-25-20(24)17-6-2-3-7-18(17)27-12-16-11-26-13-21-16/h2-9,11,13H,10,12H2,1H3. The number of thiazole rings is 1. The number of imidazole rings is 1. The Bertz CT molecular complexity index is 1070. The lowest BCUT2D eigenvalue weighted by Crippen LogP contribution is -2.07. The number of benzene rings is 1. The van der Waals surface area contributed by atoms with Gasteiger partial charge in [-0.2, -0.15) is 0 Å². The summed E-state index contributed by atoms with van der Waals surface area (Å²) in [6.07, 6.45) is 3.82. The fourth-order valence-electron chi connectivity index (χ4n) is 2.71. The molecule has 1 aromatic carbocycles. The van der Waals surface area contributed by atoms with Crippen molar-refractivity contribution in [1.82, 2.24) is 14.4 Å². The summed E-state index contributed by atoms with van der Waals surface area (Å²) in [5.74, 6) is 0.379. The molecule has 0 radical (unpaired) electrons. The van der Waals surface area contributed by atoms with Crippen molar-refractivity contribution in [2.75, 3.05) is 0 Å². The van der Waals surface area contributed by atoms with E-state index in [0.29, 0.717) is 5.56 Å². The van der Waals surface area contributed by atoms with E-state index in [0.717, 1.165) is 33.2 Å². The average Bonchev–Trinajstić information content (AvgIpc) is 3.35. The lowest BCUT2D eigenvalue weighted by atomic mass is 10.2. The predicted octanol–water partition coefficient (Wildman–Crippen LogP) is 4.75. The number of aryl methyl sites for hydroxylation is 1. The zero-order valence-corrected chi connectivity index (χ0v) is 16.3. The molecule has 0 fully saturated rings. The lowest BCUT2D eigenvalue weighted by molar-refractivity contribution is 0.0464. The molecule has 0 spiro atoms. The van der Waals surface area contributed by atoms with Crippen molar-refractivity contribution in [3.05, 3.63) is 82.2 Å². The second-order valence-corrected chi connectivity index (χ2v) is 7.73. The van der Waals surface area contributed by atoms with Crippen molar-refractivity contribution < 1.29 is 9.53 Å². The van der Waals surface area contributed by atoms with Crippen LogP contribution in [0.2, 0.25) is 0 Å². The van der Waals surface area contributed by atoms with Gasteiger partial charge in [-0.1, -0.05) is 18.2 Å². The Morgan fingerprint density at radius 2 is 2.11 bits per heavy atom. The van der Waals surface area contributed by atoms with Gasteiger partial charge in [0.25, 0.3) is 0 Å². The van der Waals surface area contributed by atoms with Crippen LogP contribution in [0, 0.1) is 6.92 Å². The van der Waals surface area contributed by atoms with E-state index in [1.54, 1.807) is 29.2 Å². The maximum Gasteiger partial charge on any atom is 0.339 e. The van der Waals surface area contributed by atoms with Gasteiger partial charge in [0.15, 0.2) is 0 Å². The molecule has 0 N–H and O–H groups in total. The van der Waals surface area contributed by atoms with Crippen LogP contribution in [0.15, 0.2) is 64.6 Å². The molecule has 3 aromatic heterocycles. The number of esters is 1. The molecule has 4 rings (SSSR count). The normalized spacial score (nSPS) is 11.0. The van der Waals surface area contributed by atoms with Crippen LogP contribution in [-0.4, -0.2) is 20.3 Å². The molecule has 7 heteroatoms. The summed E-state index contributed by atoms with van der Waals surface area (Å²) in [6, 6.07) is 11.5. The van der Waals surface area contributed by atoms with Crippen LogP contribution in [0.4, 0.5) is 0 Å². The monoisotopic (exact) mass is 395 g/mol. The third-order valence-electron chi connectivity index (χ3n) is 4.04. The first-order valence-corrected chi connectivity index (χ1v) is 10.3. The molecule has 3 heterocycles. The van der Waals surface area contributed by atoms with Crippen molar-refractivity contribution in [3.63, 3.8) is 0 Å². The largest absolute Gasteiger partial charge is 0.455 e. The molecule has 0 aliphatic rings. The summed E-state index contributed by atoms with van der Waals surface area (Å²) < 4.78 is 7.46. The van der Waals surface area contributed by atoms with Gasteiger partial charge in [-0.15, -0.1) is 23.1 Å². The molecule has 27 heavy (non-hydrogen) atoms. The van der Waals surface area contributed by atoms with E-state index in [4.69, 9.17) is 4.74 Å². The van der Waals surface area contributed by atoms with Gasteiger partial charge >= 0.3 is 5.97 Å². The van der Waals surface area contributed by atoms with Crippen molar-refractivity contribution in [2.45, 2.75) is 24.2 Å². The molecule has 0 amide bonds. The third kappa shape index (κ3) is 4.04. The lowest BCUT2D eigenvalue weighted by Gasteiger charge is -2.08. The van der Waals surface area contributed by atoms with Crippen molar-refractivity contribution in [2.24, 2.45) is 0 Å². The molecule has 0 saturated heterocycles. The molecular weight excluding hydrogens is 378 g/mol. The van der Waals surface area contributed by atoms with E-state index in [1.807, 2.05) is 64.9 Å². The second-order valence-electron chi connectivity index (χ2n) is 6.00. The maximum absolute atomic E-state index is 12.6. The molecule has 136 valence electrons. The van der Waals surface area contributed by atoms with Crippen LogP contribution in [0.3, 0.4) is 0 Å². The molecule has 0 unspecified atom stereocenters. The minimum Gasteiger partial charge on any atom is -0.455 e. The highest BCUT2D eigenvalue weighted by Gasteiger charge is 2.14. The Balaban J connectivity index is 1.45. The third-order valence-corrected chi connectivity index (χ3v) is 5.79. The number of fused-ring (bicyclic) bond motifs is 1. The molecular formula is C20H17N3O2S2. The number of nitrogens with zero attached hydrogens (tertiary/aromatic N) is 3. The number of carbonyl (C=O) groups excluding carboxylic acids is 1. The minimum absolute atomic E-state index is 0.144. The molecule has 0 saturated carbocycles. The highest BCUT2D eigenvalue weighted by molar-refractivity contribution is 7.98. The topological polar surface area (TPSA) is 56.5 Å². The van der Waals surface area contributed by atoms with E-state index >= 15 is 0 Å². The Hall–Kier alpha value is -2.64. The average molecular weight is 396 g/mol. The number of aromatic nitrogens is 3. The number of pyridine rings is 1. The fraction of sp³-hybridized carbons (Fsp3) is 0.150. The zero-order chi connectivity index (χ0) is 18.6. The first-order valence-electron chi connectivity index (χ1n) is 8.40. The maximum atomic E-state index is 12.6. The zero-order valence-electron chi connectivity index (χ0n) is 14.7. The van der Waals surface area contributed by atoms with Gasteiger partial charge < -0.3 is 9.14 Å². The number of thioether (sulfide) groups is 1. The van der Waals surface area contributed by atoms with Crippen molar-refractivity contribution in [1.29, 1.82) is 0 Å². The van der Waals surface area contributed by atoms with Crippen LogP contribution in [0.1, 0.15) is 27.3 Å². The molecule has 4 aromatic rings. The summed E-state index contributed by atoms with van der Waals surface area (Å²) in [5, 5.41) is 2.01. The first-order chi connectivity index (χ1) is 13.2. The molecule has 0 aliphatic heterocycles. The number of hydrogen-bond donors (Lipinski definition) is 0. The van der Waals surface area contributed by atoms with Gasteiger partial charge in [-0.25, -0.2) is 14.8 Å².